The number of hydrogen-bond donors (Lipinski definition) is 0. The molecule has 262 valence electrons. The Hall–Kier alpha value is -0.360. The van der Waals surface area contributed by atoms with Gasteiger partial charge >= 0.3 is 11.9 Å². The Bertz CT molecular complexity index is 537. The van der Waals surface area contributed by atoms with Crippen LogP contribution in [0.3, 0.4) is 0 Å². The molecule has 0 atom stereocenters. The molecule has 0 radical (unpaired) electrons. The molecule has 0 spiro atoms. The first-order chi connectivity index (χ1) is 21.7. The molecule has 0 heterocycles. The lowest BCUT2D eigenvalue weighted by Crippen LogP contribution is -2.07. The molecule has 0 saturated heterocycles. The van der Waals surface area contributed by atoms with Crippen molar-refractivity contribution >= 4 is 33.5 Å². The van der Waals surface area contributed by atoms with E-state index in [0.29, 0.717) is 26.1 Å². The fourth-order valence-electron chi connectivity index (χ4n) is 5.48. The molecule has 0 unspecified atom stereocenters. The van der Waals surface area contributed by atoms with E-state index in [1.165, 1.54) is 154 Å². The molecule has 0 saturated carbocycles. The Labute approximate surface area is 282 Å². The van der Waals surface area contributed by atoms with Crippen molar-refractivity contribution in [2.45, 2.75) is 206 Å². The largest absolute Gasteiger partial charge is 0.466 e. The lowest BCUT2D eigenvalue weighted by Gasteiger charge is -2.06. The van der Waals surface area contributed by atoms with E-state index in [-0.39, 0.29) is 11.9 Å². The smallest absolute Gasteiger partial charge is 0.306 e. The quantitative estimate of drug-likeness (QED) is 0.0376. The zero-order chi connectivity index (χ0) is 32.0. The van der Waals surface area contributed by atoms with Crippen LogP contribution in [0.4, 0.5) is 0 Å². The highest BCUT2D eigenvalue weighted by atomic mass is 33.1. The second-order valence-electron chi connectivity index (χ2n) is 12.8. The summed E-state index contributed by atoms with van der Waals surface area (Å²) in [5.41, 5.74) is 0. The first-order valence-electron chi connectivity index (χ1n) is 19.3. The van der Waals surface area contributed by atoms with Gasteiger partial charge in [-0.05, 0) is 12.8 Å². The first kappa shape index (κ1) is 43.6. The van der Waals surface area contributed by atoms with Gasteiger partial charge in [-0.2, -0.15) is 0 Å². The van der Waals surface area contributed by atoms with Gasteiger partial charge in [0, 0.05) is 11.5 Å². The molecule has 0 fully saturated rings. The summed E-state index contributed by atoms with van der Waals surface area (Å²) in [5.74, 6) is 1.27. The van der Waals surface area contributed by atoms with Crippen molar-refractivity contribution in [2.24, 2.45) is 0 Å². The van der Waals surface area contributed by atoms with Crippen LogP contribution in [-0.4, -0.2) is 36.7 Å². The van der Waals surface area contributed by atoms with Crippen LogP contribution in [0.2, 0.25) is 0 Å². The van der Waals surface area contributed by atoms with Crippen molar-refractivity contribution < 1.29 is 19.1 Å². The number of esters is 2. The Morgan fingerprint density at radius 2 is 0.591 bits per heavy atom. The highest BCUT2D eigenvalue weighted by Crippen LogP contribution is 2.23. The zero-order valence-electron chi connectivity index (χ0n) is 29.5. The van der Waals surface area contributed by atoms with Gasteiger partial charge < -0.3 is 9.47 Å². The summed E-state index contributed by atoms with van der Waals surface area (Å²) in [7, 11) is 3.29. The van der Waals surface area contributed by atoms with Crippen LogP contribution in [0, 0.1) is 0 Å². The molecular formula is C38H74O4S2. The molecule has 0 aromatic heterocycles. The first-order valence-corrected chi connectivity index (χ1v) is 21.7. The molecule has 4 nitrogen and oxygen atoms in total. The molecule has 0 bridgehead atoms. The molecule has 0 aromatic carbocycles. The number of ether oxygens (including phenoxy) is 2. The maximum absolute atomic E-state index is 11.9. The average Bonchev–Trinajstić information content (AvgIpc) is 3.02. The van der Waals surface area contributed by atoms with Gasteiger partial charge in [-0.15, -0.1) is 0 Å². The van der Waals surface area contributed by atoms with Crippen LogP contribution < -0.4 is 0 Å². The third-order valence-corrected chi connectivity index (χ3v) is 10.8. The van der Waals surface area contributed by atoms with Gasteiger partial charge in [-0.3, -0.25) is 9.59 Å². The molecule has 0 amide bonds. The number of carbonyl (C=O) groups is 2. The fraction of sp³-hybridized carbons (Fsp3) is 0.947. The summed E-state index contributed by atoms with van der Waals surface area (Å²) in [4.78, 5) is 23.8. The molecular weight excluding hydrogens is 585 g/mol. The van der Waals surface area contributed by atoms with Crippen molar-refractivity contribution in [3.8, 4) is 0 Å². The van der Waals surface area contributed by atoms with Crippen molar-refractivity contribution in [1.82, 2.24) is 0 Å². The molecule has 0 aliphatic rings. The van der Waals surface area contributed by atoms with Crippen molar-refractivity contribution in [3.05, 3.63) is 0 Å². The highest BCUT2D eigenvalue weighted by Gasteiger charge is 2.06. The van der Waals surface area contributed by atoms with Crippen molar-refractivity contribution in [2.75, 3.05) is 24.7 Å². The summed E-state index contributed by atoms with van der Waals surface area (Å²) in [6.45, 7) is 5.66. The predicted molar refractivity (Wildman–Crippen MR) is 197 cm³/mol. The second-order valence-corrected chi connectivity index (χ2v) is 15.5. The lowest BCUT2D eigenvalue weighted by molar-refractivity contribution is -0.144. The summed E-state index contributed by atoms with van der Waals surface area (Å²) >= 11 is 0. The molecule has 0 aliphatic carbocycles. The van der Waals surface area contributed by atoms with E-state index in [0.717, 1.165) is 37.2 Å². The van der Waals surface area contributed by atoms with E-state index in [4.69, 9.17) is 9.47 Å². The van der Waals surface area contributed by atoms with Gasteiger partial charge in [0.05, 0.1) is 26.1 Å². The number of unbranched alkanes of at least 4 members (excludes halogenated alkanes) is 26. The molecule has 0 rings (SSSR count). The average molecular weight is 659 g/mol. The molecule has 0 aromatic rings. The minimum Gasteiger partial charge on any atom is -0.466 e. The third-order valence-electron chi connectivity index (χ3n) is 8.38. The number of hydrogen-bond acceptors (Lipinski definition) is 6. The fourth-order valence-corrected chi connectivity index (χ4v) is 7.42. The van der Waals surface area contributed by atoms with Gasteiger partial charge in [0.2, 0.25) is 0 Å². The van der Waals surface area contributed by atoms with Crippen LogP contribution in [0.5, 0.6) is 0 Å². The number of carbonyl (C=O) groups excluding carboxylic acids is 2. The van der Waals surface area contributed by atoms with Crippen LogP contribution in [-0.2, 0) is 19.1 Å². The van der Waals surface area contributed by atoms with Crippen molar-refractivity contribution in [1.29, 1.82) is 0 Å². The zero-order valence-corrected chi connectivity index (χ0v) is 31.1. The maximum Gasteiger partial charge on any atom is 0.306 e. The molecule has 0 aliphatic heterocycles. The van der Waals surface area contributed by atoms with E-state index in [1.54, 1.807) is 21.6 Å². The third kappa shape index (κ3) is 37.8. The number of rotatable bonds is 37. The summed E-state index contributed by atoms with van der Waals surface area (Å²) in [6, 6.07) is 0. The van der Waals surface area contributed by atoms with Gasteiger partial charge in [0.15, 0.2) is 0 Å². The van der Waals surface area contributed by atoms with Crippen LogP contribution in [0.25, 0.3) is 0 Å². The summed E-state index contributed by atoms with van der Waals surface area (Å²) in [5, 5.41) is 0. The summed E-state index contributed by atoms with van der Waals surface area (Å²) < 4.78 is 10.8. The standard InChI is InChI=1S/C38H74O4S2/c1-3-5-7-9-11-13-15-17-19-21-23-25-27-29-33-41-37(39)31-35-43-44-36-32-38(40)42-34-30-28-26-24-22-20-18-16-14-12-10-8-6-4-2/h3-36H2,1-2H3. The highest BCUT2D eigenvalue weighted by molar-refractivity contribution is 8.76. The Balaban J connectivity index is 3.25. The van der Waals surface area contributed by atoms with Gasteiger partial charge in [0.1, 0.15) is 0 Å². The van der Waals surface area contributed by atoms with E-state index < -0.39 is 0 Å². The van der Waals surface area contributed by atoms with Gasteiger partial charge in [-0.25, -0.2) is 0 Å². The van der Waals surface area contributed by atoms with Gasteiger partial charge in [-0.1, -0.05) is 202 Å². The van der Waals surface area contributed by atoms with Crippen LogP contribution in [0.1, 0.15) is 206 Å². The second kappa shape index (κ2) is 38.8. The molecule has 0 N–H and O–H groups in total. The Kier molecular flexibility index (Phi) is 38.5. The minimum atomic E-state index is -0.0969. The Morgan fingerprint density at radius 3 is 0.841 bits per heavy atom. The van der Waals surface area contributed by atoms with Gasteiger partial charge in [0.25, 0.3) is 0 Å². The topological polar surface area (TPSA) is 52.6 Å². The van der Waals surface area contributed by atoms with Crippen molar-refractivity contribution in [3.63, 3.8) is 0 Å². The Morgan fingerprint density at radius 1 is 0.364 bits per heavy atom. The molecule has 44 heavy (non-hydrogen) atoms. The SMILES string of the molecule is CCCCCCCCCCCCCCCCOC(=O)CCSSCCC(=O)OCCCCCCCCCCCCCCCC. The van der Waals surface area contributed by atoms with Crippen LogP contribution in [0.15, 0.2) is 0 Å². The van der Waals surface area contributed by atoms with Crippen LogP contribution >= 0.6 is 21.6 Å². The summed E-state index contributed by atoms with van der Waals surface area (Å²) in [6.07, 6.45) is 38.2. The van der Waals surface area contributed by atoms with E-state index in [9.17, 15) is 9.59 Å². The van der Waals surface area contributed by atoms with E-state index in [2.05, 4.69) is 13.8 Å². The maximum atomic E-state index is 11.9. The lowest BCUT2D eigenvalue weighted by atomic mass is 10.0. The minimum absolute atomic E-state index is 0.0969. The van der Waals surface area contributed by atoms with E-state index in [1.807, 2.05) is 0 Å². The van der Waals surface area contributed by atoms with E-state index >= 15 is 0 Å². The normalized spacial score (nSPS) is 11.2. The monoisotopic (exact) mass is 659 g/mol. The molecule has 6 heteroatoms. The predicted octanol–water partition coefficient (Wildman–Crippen LogP) is 13.2.